The van der Waals surface area contributed by atoms with Crippen molar-refractivity contribution in [3.63, 3.8) is 0 Å². The number of aromatic nitrogens is 3. The summed E-state index contributed by atoms with van der Waals surface area (Å²) >= 11 is 4.99. The van der Waals surface area contributed by atoms with Crippen molar-refractivity contribution >= 4 is 12.2 Å². The van der Waals surface area contributed by atoms with E-state index in [1.54, 1.807) is 0 Å². The standard InChI is InChI=1S/C9H11N3O2S/c1-5-3-4-7(14-5)6(2)12-8(13)10-11-9(12)15/h3-4,6H,1-2H3,(H,10,13)(H,11,15). The van der Waals surface area contributed by atoms with E-state index >= 15 is 0 Å². The molecular weight excluding hydrogens is 214 g/mol. The van der Waals surface area contributed by atoms with Gasteiger partial charge in [0.15, 0.2) is 4.77 Å². The van der Waals surface area contributed by atoms with Crippen LogP contribution in [0, 0.1) is 11.7 Å². The molecule has 0 saturated carbocycles. The molecule has 2 aromatic rings. The molecule has 1 unspecified atom stereocenters. The van der Waals surface area contributed by atoms with Crippen LogP contribution in [0.3, 0.4) is 0 Å². The summed E-state index contributed by atoms with van der Waals surface area (Å²) in [5, 5.41) is 5.02. The third-order valence-corrected chi connectivity index (χ3v) is 2.57. The first-order valence-electron chi connectivity index (χ1n) is 4.55. The summed E-state index contributed by atoms with van der Waals surface area (Å²) in [6.45, 7) is 3.72. The van der Waals surface area contributed by atoms with Crippen molar-refractivity contribution in [2.24, 2.45) is 0 Å². The highest BCUT2D eigenvalue weighted by atomic mass is 32.1. The molecule has 0 amide bonds. The summed E-state index contributed by atoms with van der Waals surface area (Å²) in [6, 6.07) is 3.49. The minimum absolute atomic E-state index is 0.207. The van der Waals surface area contributed by atoms with E-state index in [-0.39, 0.29) is 11.7 Å². The van der Waals surface area contributed by atoms with Crippen LogP contribution in [0.2, 0.25) is 0 Å². The second kappa shape index (κ2) is 3.54. The number of nitrogens with zero attached hydrogens (tertiary/aromatic N) is 1. The Labute approximate surface area is 90.7 Å². The van der Waals surface area contributed by atoms with Crippen LogP contribution in [-0.4, -0.2) is 14.8 Å². The molecule has 15 heavy (non-hydrogen) atoms. The zero-order chi connectivity index (χ0) is 11.0. The highest BCUT2D eigenvalue weighted by Gasteiger charge is 2.14. The van der Waals surface area contributed by atoms with E-state index in [0.717, 1.165) is 5.76 Å². The molecular formula is C9H11N3O2S. The SMILES string of the molecule is Cc1ccc(C(C)n2c(=O)[nH][nH]c2=S)o1. The van der Waals surface area contributed by atoms with Gasteiger partial charge in [0.25, 0.3) is 0 Å². The van der Waals surface area contributed by atoms with Gasteiger partial charge in [-0.25, -0.2) is 9.89 Å². The average molecular weight is 225 g/mol. The summed E-state index contributed by atoms with van der Waals surface area (Å²) < 4.78 is 7.25. The maximum absolute atomic E-state index is 11.4. The molecule has 80 valence electrons. The largest absolute Gasteiger partial charge is 0.464 e. The minimum atomic E-state index is -0.262. The van der Waals surface area contributed by atoms with Crippen molar-refractivity contribution < 1.29 is 4.42 Å². The van der Waals surface area contributed by atoms with Gasteiger partial charge in [0.2, 0.25) is 0 Å². The van der Waals surface area contributed by atoms with Crippen molar-refractivity contribution in [2.45, 2.75) is 19.9 Å². The van der Waals surface area contributed by atoms with Crippen molar-refractivity contribution in [1.29, 1.82) is 0 Å². The lowest BCUT2D eigenvalue weighted by Gasteiger charge is -2.07. The number of aryl methyl sites for hydroxylation is 1. The molecule has 5 nitrogen and oxygen atoms in total. The van der Waals surface area contributed by atoms with Gasteiger partial charge < -0.3 is 4.42 Å². The number of rotatable bonds is 2. The predicted molar refractivity (Wildman–Crippen MR) is 57.5 cm³/mol. The van der Waals surface area contributed by atoms with Crippen LogP contribution in [0.5, 0.6) is 0 Å². The minimum Gasteiger partial charge on any atom is -0.464 e. The second-order valence-electron chi connectivity index (χ2n) is 3.35. The third kappa shape index (κ3) is 1.68. The Bertz CT molecular complexity index is 547. The summed E-state index contributed by atoms with van der Waals surface area (Å²) in [7, 11) is 0. The second-order valence-corrected chi connectivity index (χ2v) is 3.74. The van der Waals surface area contributed by atoms with Gasteiger partial charge in [-0.1, -0.05) is 0 Å². The van der Waals surface area contributed by atoms with E-state index in [4.69, 9.17) is 16.6 Å². The Morgan fingerprint density at radius 1 is 1.47 bits per heavy atom. The van der Waals surface area contributed by atoms with Crippen LogP contribution >= 0.6 is 12.2 Å². The van der Waals surface area contributed by atoms with E-state index in [2.05, 4.69) is 10.2 Å². The van der Waals surface area contributed by atoms with Crippen molar-refractivity contribution in [3.05, 3.63) is 38.9 Å². The molecule has 0 bridgehead atoms. The van der Waals surface area contributed by atoms with Gasteiger partial charge in [0.05, 0.1) is 6.04 Å². The summed E-state index contributed by atoms with van der Waals surface area (Å²) in [4.78, 5) is 11.4. The van der Waals surface area contributed by atoms with Crippen LogP contribution in [-0.2, 0) is 0 Å². The molecule has 0 aliphatic heterocycles. The fourth-order valence-corrected chi connectivity index (χ4v) is 1.77. The van der Waals surface area contributed by atoms with Gasteiger partial charge in [-0.3, -0.25) is 9.67 Å². The summed E-state index contributed by atoms with van der Waals surface area (Å²) in [5.41, 5.74) is -0.262. The molecule has 0 fully saturated rings. The lowest BCUT2D eigenvalue weighted by molar-refractivity contribution is 0.422. The van der Waals surface area contributed by atoms with E-state index in [1.807, 2.05) is 26.0 Å². The van der Waals surface area contributed by atoms with E-state index < -0.39 is 0 Å². The lowest BCUT2D eigenvalue weighted by Crippen LogP contribution is -2.21. The molecule has 2 rings (SSSR count). The molecule has 0 aliphatic rings. The Kier molecular flexibility index (Phi) is 2.36. The van der Waals surface area contributed by atoms with Gasteiger partial charge >= 0.3 is 5.69 Å². The number of aromatic amines is 2. The quantitative estimate of drug-likeness (QED) is 0.765. The number of nitrogens with one attached hydrogen (secondary N) is 2. The topological polar surface area (TPSA) is 66.7 Å². The molecule has 6 heteroatoms. The van der Waals surface area contributed by atoms with Crippen LogP contribution in [0.1, 0.15) is 24.5 Å². The monoisotopic (exact) mass is 225 g/mol. The van der Waals surface area contributed by atoms with Crippen molar-refractivity contribution in [3.8, 4) is 0 Å². The van der Waals surface area contributed by atoms with Gasteiger partial charge in [0, 0.05) is 0 Å². The number of hydrogen-bond donors (Lipinski definition) is 2. The first-order chi connectivity index (χ1) is 7.09. The van der Waals surface area contributed by atoms with E-state index in [0.29, 0.717) is 10.5 Å². The first-order valence-corrected chi connectivity index (χ1v) is 4.96. The highest BCUT2D eigenvalue weighted by Crippen LogP contribution is 2.18. The summed E-state index contributed by atoms with van der Waals surface area (Å²) in [6.07, 6.45) is 0. The normalized spacial score (nSPS) is 12.9. The third-order valence-electron chi connectivity index (χ3n) is 2.27. The van der Waals surface area contributed by atoms with E-state index in [1.165, 1.54) is 4.57 Å². The van der Waals surface area contributed by atoms with Gasteiger partial charge in [-0.15, -0.1) is 0 Å². The van der Waals surface area contributed by atoms with Crippen LogP contribution in [0.25, 0.3) is 0 Å². The van der Waals surface area contributed by atoms with Crippen LogP contribution in [0.4, 0.5) is 0 Å². The first kappa shape index (κ1) is 9.97. The van der Waals surface area contributed by atoms with Crippen LogP contribution < -0.4 is 5.69 Å². The van der Waals surface area contributed by atoms with E-state index in [9.17, 15) is 4.79 Å². The van der Waals surface area contributed by atoms with Crippen molar-refractivity contribution in [2.75, 3.05) is 0 Å². The Morgan fingerprint density at radius 2 is 2.20 bits per heavy atom. The Balaban J connectivity index is 2.49. The average Bonchev–Trinajstić information content (AvgIpc) is 2.73. The van der Waals surface area contributed by atoms with Gasteiger partial charge in [-0.05, 0) is 38.2 Å². The number of hydrogen-bond acceptors (Lipinski definition) is 3. The number of H-pyrrole nitrogens is 2. The molecule has 0 radical (unpaired) electrons. The number of furan rings is 1. The van der Waals surface area contributed by atoms with Gasteiger partial charge in [-0.2, -0.15) is 0 Å². The smallest absolute Gasteiger partial charge is 0.343 e. The molecule has 2 heterocycles. The van der Waals surface area contributed by atoms with Gasteiger partial charge in [0.1, 0.15) is 11.5 Å². The molecule has 0 spiro atoms. The fourth-order valence-electron chi connectivity index (χ4n) is 1.48. The maximum atomic E-state index is 11.4. The predicted octanol–water partition coefficient (Wildman–Crippen LogP) is 1.74. The maximum Gasteiger partial charge on any atom is 0.343 e. The molecule has 0 saturated heterocycles. The summed E-state index contributed by atoms with van der Waals surface area (Å²) in [5.74, 6) is 1.53. The van der Waals surface area contributed by atoms with Crippen LogP contribution in [0.15, 0.2) is 21.3 Å². The Hall–Kier alpha value is -1.56. The molecule has 0 aliphatic carbocycles. The lowest BCUT2D eigenvalue weighted by atomic mass is 10.2. The molecule has 2 aromatic heterocycles. The molecule has 0 aromatic carbocycles. The Morgan fingerprint density at radius 3 is 2.67 bits per heavy atom. The van der Waals surface area contributed by atoms with Crippen molar-refractivity contribution in [1.82, 2.24) is 14.8 Å². The molecule has 2 N–H and O–H groups in total. The highest BCUT2D eigenvalue weighted by molar-refractivity contribution is 7.71. The zero-order valence-electron chi connectivity index (χ0n) is 8.40. The fraction of sp³-hybridized carbons (Fsp3) is 0.333. The zero-order valence-corrected chi connectivity index (χ0v) is 9.22. The molecule has 1 atom stereocenters.